The number of nitrogens with one attached hydrogen (secondary N) is 4. The van der Waals surface area contributed by atoms with E-state index < -0.39 is 72.1 Å². The Morgan fingerprint density at radius 1 is 0.769 bits per heavy atom. The number of ketones is 1. The summed E-state index contributed by atoms with van der Waals surface area (Å²) in [5.74, 6) is -13.4. The Balaban J connectivity index is 1.98. The second kappa shape index (κ2) is 17.8. The molecule has 3 aromatic rings. The van der Waals surface area contributed by atoms with Crippen molar-refractivity contribution in [1.82, 2.24) is 21.3 Å². The fraction of sp³-hybridized carbons (Fsp3) is 0.324. The summed E-state index contributed by atoms with van der Waals surface area (Å²) in [7, 11) is 1.36. The minimum atomic E-state index is -5.05. The number of hydrogen-bond acceptors (Lipinski definition) is 6. The first-order valence-corrected chi connectivity index (χ1v) is 16.4. The Morgan fingerprint density at radius 3 is 1.92 bits per heavy atom. The highest BCUT2D eigenvalue weighted by Gasteiger charge is 2.52. The molecule has 0 radical (unpaired) electrons. The first kappa shape index (κ1) is 41.9. The van der Waals surface area contributed by atoms with E-state index in [1.165, 1.54) is 69.5 Å². The van der Waals surface area contributed by atoms with Gasteiger partial charge in [0.1, 0.15) is 24.4 Å². The largest absolute Gasteiger partial charge is 0.497 e. The van der Waals surface area contributed by atoms with Crippen LogP contribution in [0, 0.1) is 5.92 Å². The lowest BCUT2D eigenvalue weighted by Crippen LogP contribution is -2.58. The first-order chi connectivity index (χ1) is 24.2. The van der Waals surface area contributed by atoms with E-state index in [1.54, 1.807) is 18.2 Å². The van der Waals surface area contributed by atoms with Gasteiger partial charge in [-0.25, -0.2) is 0 Å². The molecule has 0 bridgehead atoms. The smallest absolute Gasteiger partial charge is 0.405 e. The van der Waals surface area contributed by atoms with Crippen molar-refractivity contribution < 1.29 is 50.7 Å². The third kappa shape index (κ3) is 11.8. The Bertz CT molecular complexity index is 1770. The lowest BCUT2D eigenvalue weighted by molar-refractivity contribution is -0.165. The number of hydrogen-bond donors (Lipinski definition) is 4. The van der Waals surface area contributed by atoms with Crippen molar-refractivity contribution in [3.05, 3.63) is 98.5 Å². The molecule has 4 amide bonds. The van der Waals surface area contributed by atoms with Gasteiger partial charge in [-0.1, -0.05) is 72.9 Å². The van der Waals surface area contributed by atoms with Crippen molar-refractivity contribution >= 4 is 64.2 Å². The summed E-state index contributed by atoms with van der Waals surface area (Å²) in [6.07, 6.45) is -5.22. The van der Waals surface area contributed by atoms with Crippen LogP contribution in [0.1, 0.15) is 41.4 Å². The van der Waals surface area contributed by atoms with E-state index in [4.69, 9.17) is 39.5 Å². The van der Waals surface area contributed by atoms with E-state index in [1.807, 2.05) is 0 Å². The molecule has 3 rings (SSSR count). The molecule has 4 N–H and O–H groups in total. The predicted molar refractivity (Wildman–Crippen MR) is 183 cm³/mol. The van der Waals surface area contributed by atoms with Crippen LogP contribution >= 0.6 is 34.8 Å². The van der Waals surface area contributed by atoms with Crippen LogP contribution in [0.25, 0.3) is 0 Å². The highest BCUT2D eigenvalue weighted by molar-refractivity contribution is 6.35. The maximum atomic E-state index is 14.9. The molecule has 0 saturated carbocycles. The molecule has 0 aliphatic rings. The van der Waals surface area contributed by atoms with E-state index in [0.717, 1.165) is 5.32 Å². The molecular formula is C34H32Cl3F5N4O6. The van der Waals surface area contributed by atoms with Gasteiger partial charge in [-0.3, -0.25) is 24.0 Å². The number of amides is 4. The van der Waals surface area contributed by atoms with Gasteiger partial charge in [0.2, 0.25) is 17.6 Å². The Hall–Kier alpha value is -4.47. The number of carbonyl (C=O) groups excluding carboxylic acids is 5. The zero-order valence-electron chi connectivity index (χ0n) is 27.5. The van der Waals surface area contributed by atoms with Crippen molar-refractivity contribution in [3.63, 3.8) is 0 Å². The van der Waals surface area contributed by atoms with Crippen LogP contribution < -0.4 is 26.0 Å². The minimum Gasteiger partial charge on any atom is -0.497 e. The Labute approximate surface area is 309 Å². The average Bonchev–Trinajstić information content (AvgIpc) is 3.06. The second-order valence-electron chi connectivity index (χ2n) is 11.7. The first-order valence-electron chi connectivity index (χ1n) is 15.2. The second-order valence-corrected chi connectivity index (χ2v) is 13.0. The highest BCUT2D eigenvalue weighted by atomic mass is 35.5. The maximum Gasteiger partial charge on any atom is 0.405 e. The van der Waals surface area contributed by atoms with Crippen LogP contribution in [0.3, 0.4) is 0 Å². The van der Waals surface area contributed by atoms with Crippen LogP contribution in [0.4, 0.5) is 22.0 Å². The van der Waals surface area contributed by atoms with E-state index in [-0.39, 0.29) is 27.6 Å². The topological polar surface area (TPSA) is 143 Å². The molecule has 18 heteroatoms. The molecule has 0 aromatic heterocycles. The summed E-state index contributed by atoms with van der Waals surface area (Å²) >= 11 is 18.2. The quantitative estimate of drug-likeness (QED) is 0.112. The highest BCUT2D eigenvalue weighted by Crippen LogP contribution is 2.25. The molecule has 0 aliphatic heterocycles. The van der Waals surface area contributed by atoms with E-state index >= 15 is 0 Å². The standard InChI is InChI=1S/C34H32Cl3F5N4O6/c1-17(2)26(28(47)34(41,42)32(51)43-16-33(38,39)40)45-31(50)27(19-7-9-24(52-3)10-8-19)46-30(49)25(12-18-5-4-6-21(35)11-18)44-29(48)20-13-22(36)15-23(37)14-20/h4-11,13-15,17,25-27H,12,16H2,1-3H3,(H,43,51)(H,44,48)(H,45,50)(H,46,49). The lowest BCUT2D eigenvalue weighted by atomic mass is 9.94. The number of halogens is 8. The molecule has 3 aromatic carbocycles. The van der Waals surface area contributed by atoms with Crippen LogP contribution in [0.15, 0.2) is 66.7 Å². The third-order valence-corrected chi connectivity index (χ3v) is 8.04. The van der Waals surface area contributed by atoms with Crippen LogP contribution in [0.5, 0.6) is 5.75 Å². The molecule has 0 aliphatic carbocycles. The van der Waals surface area contributed by atoms with Crippen molar-refractivity contribution in [2.24, 2.45) is 5.92 Å². The maximum absolute atomic E-state index is 14.9. The molecule has 0 fully saturated rings. The van der Waals surface area contributed by atoms with E-state index in [2.05, 4.69) is 16.0 Å². The molecule has 0 heterocycles. The zero-order valence-corrected chi connectivity index (χ0v) is 29.8. The van der Waals surface area contributed by atoms with E-state index in [0.29, 0.717) is 16.3 Å². The van der Waals surface area contributed by atoms with Gasteiger partial charge in [0.15, 0.2) is 0 Å². The monoisotopic (exact) mass is 792 g/mol. The number of ether oxygens (including phenoxy) is 1. The number of carbonyl (C=O) groups is 5. The Kier molecular flexibility index (Phi) is 14.4. The third-order valence-electron chi connectivity index (χ3n) is 7.36. The average molecular weight is 794 g/mol. The zero-order chi connectivity index (χ0) is 39.0. The van der Waals surface area contributed by atoms with Gasteiger partial charge in [0.25, 0.3) is 11.8 Å². The van der Waals surface area contributed by atoms with Gasteiger partial charge >= 0.3 is 12.1 Å². The molecule has 10 nitrogen and oxygen atoms in total. The predicted octanol–water partition coefficient (Wildman–Crippen LogP) is 5.88. The van der Waals surface area contributed by atoms with Gasteiger partial charge in [0.05, 0.1) is 13.2 Å². The van der Waals surface area contributed by atoms with Crippen molar-refractivity contribution in [1.29, 1.82) is 0 Å². The molecule has 0 saturated heterocycles. The van der Waals surface area contributed by atoms with Gasteiger partial charge in [-0.15, -0.1) is 0 Å². The van der Waals surface area contributed by atoms with E-state index in [9.17, 15) is 45.9 Å². The summed E-state index contributed by atoms with van der Waals surface area (Å²) in [6.45, 7) is 0.356. The molecular weight excluding hydrogens is 762 g/mol. The number of alkyl halides is 5. The fourth-order valence-electron chi connectivity index (χ4n) is 4.75. The Morgan fingerprint density at radius 2 is 1.38 bits per heavy atom. The number of rotatable bonds is 15. The molecule has 3 atom stereocenters. The van der Waals surface area contributed by atoms with Gasteiger partial charge in [0, 0.05) is 27.1 Å². The van der Waals surface area contributed by atoms with Gasteiger partial charge in [-0.2, -0.15) is 22.0 Å². The fourth-order valence-corrected chi connectivity index (χ4v) is 5.48. The number of benzene rings is 3. The summed E-state index contributed by atoms with van der Waals surface area (Å²) in [5.41, 5.74) is 0.536. The number of methoxy groups -OCH3 is 1. The van der Waals surface area contributed by atoms with Gasteiger partial charge in [-0.05, 0) is 59.5 Å². The van der Waals surface area contributed by atoms with Crippen molar-refractivity contribution in [3.8, 4) is 5.75 Å². The summed E-state index contributed by atoms with van der Waals surface area (Å²) in [5, 5.41) is 8.68. The number of Topliss-reactive ketones (excluding diaryl/α,β-unsaturated/α-hetero) is 1. The summed E-state index contributed by atoms with van der Waals surface area (Å²) in [6, 6.07) is 10.6. The SMILES string of the molecule is COc1ccc(C(NC(=O)C(Cc2cccc(Cl)c2)NC(=O)c2cc(Cl)cc(Cl)c2)C(=O)NC(C(=O)C(F)(F)C(=O)NCC(F)(F)F)C(C)C)cc1. The summed E-state index contributed by atoms with van der Waals surface area (Å²) < 4.78 is 72.6. The van der Waals surface area contributed by atoms with Crippen molar-refractivity contribution in [2.45, 2.75) is 50.5 Å². The molecule has 280 valence electrons. The van der Waals surface area contributed by atoms with Crippen LogP contribution in [-0.4, -0.2) is 67.2 Å². The van der Waals surface area contributed by atoms with Crippen LogP contribution in [-0.2, 0) is 25.6 Å². The van der Waals surface area contributed by atoms with Gasteiger partial charge < -0.3 is 26.0 Å². The minimum absolute atomic E-state index is 0.00988. The van der Waals surface area contributed by atoms with Crippen molar-refractivity contribution in [2.75, 3.05) is 13.7 Å². The molecule has 0 spiro atoms. The lowest BCUT2D eigenvalue weighted by Gasteiger charge is -2.28. The molecule has 52 heavy (non-hydrogen) atoms. The molecule has 3 unspecified atom stereocenters. The normalized spacial score (nSPS) is 13.4. The van der Waals surface area contributed by atoms with Crippen LogP contribution in [0.2, 0.25) is 15.1 Å². The summed E-state index contributed by atoms with van der Waals surface area (Å²) in [4.78, 5) is 66.0.